The molecule has 18 heavy (non-hydrogen) atoms. The summed E-state index contributed by atoms with van der Waals surface area (Å²) in [6, 6.07) is 3.78. The molecule has 1 aromatic heterocycles. The first-order valence-electron chi connectivity index (χ1n) is 6.37. The Morgan fingerprint density at radius 1 is 1.61 bits per heavy atom. The molecule has 3 unspecified atom stereocenters. The Morgan fingerprint density at radius 2 is 2.44 bits per heavy atom. The fourth-order valence-electron chi connectivity index (χ4n) is 2.19. The van der Waals surface area contributed by atoms with Crippen molar-refractivity contribution in [3.05, 3.63) is 24.2 Å². The maximum atomic E-state index is 11.9. The summed E-state index contributed by atoms with van der Waals surface area (Å²) < 4.78 is 10.8. The Balaban J connectivity index is 1.77. The van der Waals surface area contributed by atoms with Gasteiger partial charge in [-0.15, -0.1) is 0 Å². The summed E-state index contributed by atoms with van der Waals surface area (Å²) in [5, 5.41) is 2.94. The van der Waals surface area contributed by atoms with Gasteiger partial charge < -0.3 is 20.2 Å². The van der Waals surface area contributed by atoms with Gasteiger partial charge in [-0.25, -0.2) is 0 Å². The summed E-state index contributed by atoms with van der Waals surface area (Å²) in [6.07, 6.45) is 3.61. The molecule has 0 radical (unpaired) electrons. The lowest BCUT2D eigenvalue weighted by Gasteiger charge is -2.16. The third kappa shape index (κ3) is 3.34. The van der Waals surface area contributed by atoms with Gasteiger partial charge in [0, 0.05) is 19.0 Å². The zero-order chi connectivity index (χ0) is 13.0. The largest absolute Gasteiger partial charge is 0.469 e. The second kappa shape index (κ2) is 6.02. The topological polar surface area (TPSA) is 77.5 Å². The molecule has 1 saturated heterocycles. The molecule has 2 rings (SSSR count). The van der Waals surface area contributed by atoms with Crippen molar-refractivity contribution >= 4 is 5.91 Å². The Labute approximate surface area is 107 Å². The van der Waals surface area contributed by atoms with Gasteiger partial charge in [-0.2, -0.15) is 0 Å². The molecule has 5 nitrogen and oxygen atoms in total. The van der Waals surface area contributed by atoms with Crippen molar-refractivity contribution in [1.82, 2.24) is 5.32 Å². The molecular weight excluding hydrogens is 232 g/mol. The van der Waals surface area contributed by atoms with E-state index in [4.69, 9.17) is 14.9 Å². The number of nitrogens with one attached hydrogen (secondary N) is 1. The van der Waals surface area contributed by atoms with E-state index in [-0.39, 0.29) is 24.2 Å². The molecule has 0 bridgehead atoms. The number of nitrogens with two attached hydrogens (primary N) is 1. The number of hydrogen-bond donors (Lipinski definition) is 2. The maximum absolute atomic E-state index is 11.9. The summed E-state index contributed by atoms with van der Waals surface area (Å²) >= 11 is 0. The third-order valence-corrected chi connectivity index (χ3v) is 3.14. The lowest BCUT2D eigenvalue weighted by molar-refractivity contribution is -0.132. The van der Waals surface area contributed by atoms with Crippen molar-refractivity contribution in [2.45, 2.75) is 44.4 Å². The van der Waals surface area contributed by atoms with Crippen molar-refractivity contribution in [3.8, 4) is 0 Å². The normalized spacial score (nSPS) is 25.0. The van der Waals surface area contributed by atoms with Crippen molar-refractivity contribution < 1.29 is 13.9 Å². The number of carbonyl (C=O) groups excluding carboxylic acids is 1. The van der Waals surface area contributed by atoms with E-state index in [0.29, 0.717) is 13.0 Å². The maximum Gasteiger partial charge on any atom is 0.249 e. The fourth-order valence-corrected chi connectivity index (χ4v) is 2.19. The van der Waals surface area contributed by atoms with Gasteiger partial charge in [0.05, 0.1) is 12.4 Å². The van der Waals surface area contributed by atoms with Gasteiger partial charge in [0.25, 0.3) is 0 Å². The van der Waals surface area contributed by atoms with Crippen LogP contribution in [-0.4, -0.2) is 30.7 Å². The van der Waals surface area contributed by atoms with E-state index in [1.54, 1.807) is 6.26 Å². The number of hydrogen-bond acceptors (Lipinski definition) is 4. The van der Waals surface area contributed by atoms with E-state index in [1.807, 2.05) is 19.1 Å². The molecule has 3 atom stereocenters. The molecular formula is C13H20N2O3. The predicted molar refractivity (Wildman–Crippen MR) is 67.0 cm³/mol. The second-order valence-corrected chi connectivity index (χ2v) is 4.75. The van der Waals surface area contributed by atoms with E-state index < -0.39 is 0 Å². The molecule has 5 heteroatoms. The van der Waals surface area contributed by atoms with Crippen LogP contribution in [0.25, 0.3) is 0 Å². The first-order chi connectivity index (χ1) is 8.69. The van der Waals surface area contributed by atoms with Gasteiger partial charge >= 0.3 is 0 Å². The van der Waals surface area contributed by atoms with Gasteiger partial charge in [-0.1, -0.05) is 0 Å². The standard InChI is InChI=1S/C13H20N2O3/c1-9(7-10-3-2-6-17-10)15-13(16)12-5-4-11(8-14)18-12/h2-3,6,9,11-12H,4-5,7-8,14H2,1H3,(H,15,16). The SMILES string of the molecule is CC(Cc1ccco1)NC(=O)C1CCC(CN)O1. The molecule has 2 heterocycles. The molecule has 0 aromatic carbocycles. The van der Waals surface area contributed by atoms with Crippen molar-refractivity contribution in [1.29, 1.82) is 0 Å². The van der Waals surface area contributed by atoms with Crippen molar-refractivity contribution in [2.24, 2.45) is 5.73 Å². The molecule has 1 amide bonds. The molecule has 0 spiro atoms. The summed E-state index contributed by atoms with van der Waals surface area (Å²) in [5.41, 5.74) is 5.52. The second-order valence-electron chi connectivity index (χ2n) is 4.75. The summed E-state index contributed by atoms with van der Waals surface area (Å²) in [7, 11) is 0. The lowest BCUT2D eigenvalue weighted by Crippen LogP contribution is -2.41. The van der Waals surface area contributed by atoms with Crippen LogP contribution in [0, 0.1) is 0 Å². The number of ether oxygens (including phenoxy) is 1. The highest BCUT2D eigenvalue weighted by atomic mass is 16.5. The summed E-state index contributed by atoms with van der Waals surface area (Å²) in [6.45, 7) is 2.43. The highest BCUT2D eigenvalue weighted by molar-refractivity contribution is 5.81. The third-order valence-electron chi connectivity index (χ3n) is 3.14. The molecule has 100 valence electrons. The van der Waals surface area contributed by atoms with E-state index in [9.17, 15) is 4.79 Å². The zero-order valence-corrected chi connectivity index (χ0v) is 10.6. The van der Waals surface area contributed by atoms with E-state index in [2.05, 4.69) is 5.32 Å². The van der Waals surface area contributed by atoms with Gasteiger partial charge in [0.2, 0.25) is 5.91 Å². The predicted octanol–water partition coefficient (Wildman–Crippen LogP) is 0.833. The van der Waals surface area contributed by atoms with Gasteiger partial charge in [0.1, 0.15) is 11.9 Å². The van der Waals surface area contributed by atoms with Gasteiger partial charge in [-0.3, -0.25) is 4.79 Å². The highest BCUT2D eigenvalue weighted by Crippen LogP contribution is 2.19. The minimum absolute atomic E-state index is 0.0288. The number of rotatable bonds is 5. The van der Waals surface area contributed by atoms with Crippen LogP contribution >= 0.6 is 0 Å². The van der Waals surface area contributed by atoms with E-state index in [1.165, 1.54) is 0 Å². The van der Waals surface area contributed by atoms with E-state index in [0.717, 1.165) is 18.6 Å². The fraction of sp³-hybridized carbons (Fsp3) is 0.615. The van der Waals surface area contributed by atoms with Crippen LogP contribution in [0.5, 0.6) is 0 Å². The number of furan rings is 1. The van der Waals surface area contributed by atoms with Crippen LogP contribution < -0.4 is 11.1 Å². The van der Waals surface area contributed by atoms with Crippen LogP contribution in [-0.2, 0) is 16.0 Å². The molecule has 1 aromatic rings. The number of amides is 1. The zero-order valence-electron chi connectivity index (χ0n) is 10.6. The van der Waals surface area contributed by atoms with Crippen LogP contribution in [0.4, 0.5) is 0 Å². The van der Waals surface area contributed by atoms with Crippen LogP contribution in [0.2, 0.25) is 0 Å². The number of carbonyl (C=O) groups is 1. The smallest absolute Gasteiger partial charge is 0.249 e. The minimum Gasteiger partial charge on any atom is -0.469 e. The Kier molecular flexibility index (Phi) is 4.38. The first kappa shape index (κ1) is 13.1. The molecule has 1 fully saturated rings. The Bertz CT molecular complexity index is 378. The highest BCUT2D eigenvalue weighted by Gasteiger charge is 2.30. The van der Waals surface area contributed by atoms with Gasteiger partial charge in [-0.05, 0) is 31.9 Å². The first-order valence-corrected chi connectivity index (χ1v) is 6.37. The average Bonchev–Trinajstić information content (AvgIpc) is 2.98. The quantitative estimate of drug-likeness (QED) is 0.813. The molecule has 1 aliphatic heterocycles. The van der Waals surface area contributed by atoms with Crippen LogP contribution in [0.3, 0.4) is 0 Å². The Morgan fingerprint density at radius 3 is 3.06 bits per heavy atom. The minimum atomic E-state index is -0.349. The summed E-state index contributed by atoms with van der Waals surface area (Å²) in [4.78, 5) is 11.9. The molecule has 0 aliphatic carbocycles. The molecule has 0 saturated carbocycles. The van der Waals surface area contributed by atoms with Crippen LogP contribution in [0.1, 0.15) is 25.5 Å². The van der Waals surface area contributed by atoms with E-state index >= 15 is 0 Å². The van der Waals surface area contributed by atoms with Gasteiger partial charge in [0.15, 0.2) is 0 Å². The van der Waals surface area contributed by atoms with Crippen LogP contribution in [0.15, 0.2) is 22.8 Å². The van der Waals surface area contributed by atoms with Crippen molar-refractivity contribution in [2.75, 3.05) is 6.54 Å². The Hall–Kier alpha value is -1.33. The lowest BCUT2D eigenvalue weighted by atomic mass is 10.1. The molecule has 3 N–H and O–H groups in total. The summed E-state index contributed by atoms with van der Waals surface area (Å²) in [5.74, 6) is 0.819. The molecule has 1 aliphatic rings. The average molecular weight is 252 g/mol. The van der Waals surface area contributed by atoms with Crippen molar-refractivity contribution in [3.63, 3.8) is 0 Å². The monoisotopic (exact) mass is 252 g/mol.